The molecule has 1 aliphatic rings. The maximum Gasteiger partial charge on any atom is 0.303 e. The number of hydrogen-bond acceptors (Lipinski definition) is 6. The Bertz CT molecular complexity index is 1360. The zero-order valence-electron chi connectivity index (χ0n) is 19.4. The van der Waals surface area contributed by atoms with E-state index >= 15 is 0 Å². The number of fused-ring (bicyclic) bond motifs is 1. The summed E-state index contributed by atoms with van der Waals surface area (Å²) in [6, 6.07) is 16.4. The van der Waals surface area contributed by atoms with Crippen LogP contribution in [0.3, 0.4) is 0 Å². The van der Waals surface area contributed by atoms with Crippen molar-refractivity contribution >= 4 is 39.2 Å². The Morgan fingerprint density at radius 3 is 2.46 bits per heavy atom. The molecule has 5 rings (SSSR count). The van der Waals surface area contributed by atoms with Gasteiger partial charge in [-0.2, -0.15) is 0 Å². The van der Waals surface area contributed by atoms with Gasteiger partial charge in [-0.05, 0) is 73.3 Å². The molecule has 35 heavy (non-hydrogen) atoms. The molecule has 1 saturated carbocycles. The van der Waals surface area contributed by atoms with Crippen molar-refractivity contribution in [1.82, 2.24) is 15.2 Å². The van der Waals surface area contributed by atoms with Crippen molar-refractivity contribution in [3.63, 3.8) is 0 Å². The van der Waals surface area contributed by atoms with Gasteiger partial charge in [0.1, 0.15) is 5.51 Å². The third-order valence-corrected chi connectivity index (χ3v) is 7.40. The highest BCUT2D eigenvalue weighted by Gasteiger charge is 2.24. The number of hydrogen-bond donors (Lipinski definition) is 2. The Balaban J connectivity index is 1.35. The third kappa shape index (κ3) is 5.22. The standard InChI is InChI=1S/C27H26N4O3S/c1-16-12-23(26(34)30-27-31-28-15-35-27)22-11-10-21(14-24(22)29-16)20-8-6-19(7-9-20)18-4-2-17(3-5-18)13-25(32)33/h6-12,14-15,17-18H,2-5,13H2,1H3,(H,32,33)(H,30,31,34). The molecular formula is C27H26N4O3S. The Hall–Kier alpha value is -3.65. The first-order valence-electron chi connectivity index (χ1n) is 11.8. The van der Waals surface area contributed by atoms with Crippen molar-refractivity contribution < 1.29 is 14.7 Å². The van der Waals surface area contributed by atoms with Gasteiger partial charge in [0, 0.05) is 17.5 Å². The van der Waals surface area contributed by atoms with E-state index in [0.29, 0.717) is 22.5 Å². The number of benzene rings is 2. The van der Waals surface area contributed by atoms with E-state index in [1.165, 1.54) is 16.9 Å². The number of aryl methyl sites for hydroxylation is 1. The minimum absolute atomic E-state index is 0.229. The number of carbonyl (C=O) groups is 2. The molecule has 1 fully saturated rings. The quantitative estimate of drug-likeness (QED) is 0.343. The molecular weight excluding hydrogens is 460 g/mol. The SMILES string of the molecule is Cc1cc(C(=O)Nc2nncs2)c2ccc(-c3ccc(C4CCC(CC(=O)O)CC4)cc3)cc2n1. The molecule has 8 heteroatoms. The monoisotopic (exact) mass is 486 g/mol. The van der Waals surface area contributed by atoms with Crippen LogP contribution >= 0.6 is 11.3 Å². The first-order chi connectivity index (χ1) is 17.0. The van der Waals surface area contributed by atoms with Crippen molar-refractivity contribution in [2.45, 2.75) is 44.9 Å². The zero-order chi connectivity index (χ0) is 24.4. The Morgan fingerprint density at radius 2 is 1.77 bits per heavy atom. The molecule has 2 aromatic carbocycles. The lowest BCUT2D eigenvalue weighted by Crippen LogP contribution is -2.16. The zero-order valence-corrected chi connectivity index (χ0v) is 20.2. The summed E-state index contributed by atoms with van der Waals surface area (Å²) in [5, 5.41) is 20.7. The van der Waals surface area contributed by atoms with Crippen LogP contribution in [0.5, 0.6) is 0 Å². The number of aliphatic carboxylic acids is 1. The van der Waals surface area contributed by atoms with Crippen LogP contribution in [0.4, 0.5) is 5.13 Å². The van der Waals surface area contributed by atoms with E-state index in [-0.39, 0.29) is 12.3 Å². The summed E-state index contributed by atoms with van der Waals surface area (Å²) >= 11 is 1.28. The summed E-state index contributed by atoms with van der Waals surface area (Å²) in [5.74, 6) is -0.124. The van der Waals surface area contributed by atoms with Crippen LogP contribution in [0.2, 0.25) is 0 Å². The minimum atomic E-state index is -0.692. The maximum absolute atomic E-state index is 12.9. The van der Waals surface area contributed by atoms with Crippen LogP contribution in [0.1, 0.15) is 59.6 Å². The number of nitrogens with zero attached hydrogens (tertiary/aromatic N) is 3. The summed E-state index contributed by atoms with van der Waals surface area (Å²) in [5.41, 5.74) is 7.13. The molecule has 2 heterocycles. The van der Waals surface area contributed by atoms with Gasteiger partial charge in [0.05, 0.1) is 11.1 Å². The van der Waals surface area contributed by atoms with Crippen molar-refractivity contribution in [1.29, 1.82) is 0 Å². The van der Waals surface area contributed by atoms with E-state index in [4.69, 9.17) is 5.11 Å². The van der Waals surface area contributed by atoms with E-state index in [0.717, 1.165) is 53.4 Å². The largest absolute Gasteiger partial charge is 0.481 e. The van der Waals surface area contributed by atoms with E-state index in [1.807, 2.05) is 25.1 Å². The van der Waals surface area contributed by atoms with Crippen molar-refractivity contribution in [2.75, 3.05) is 5.32 Å². The average Bonchev–Trinajstić information content (AvgIpc) is 3.36. The van der Waals surface area contributed by atoms with Gasteiger partial charge in [-0.15, -0.1) is 10.2 Å². The highest BCUT2D eigenvalue weighted by atomic mass is 32.1. The fourth-order valence-electron chi connectivity index (χ4n) is 5.01. The topological polar surface area (TPSA) is 105 Å². The number of anilines is 1. The molecule has 0 unspecified atom stereocenters. The van der Waals surface area contributed by atoms with Crippen molar-refractivity contribution in [3.8, 4) is 11.1 Å². The molecule has 0 spiro atoms. The smallest absolute Gasteiger partial charge is 0.303 e. The van der Waals surface area contributed by atoms with Gasteiger partial charge in [0.2, 0.25) is 5.13 Å². The van der Waals surface area contributed by atoms with Crippen LogP contribution in [0.15, 0.2) is 54.0 Å². The number of aromatic nitrogens is 3. The number of nitrogens with one attached hydrogen (secondary N) is 1. The molecule has 2 aromatic heterocycles. The minimum Gasteiger partial charge on any atom is -0.481 e. The number of carboxylic acid groups (broad SMARTS) is 1. The Kier molecular flexibility index (Phi) is 6.55. The van der Waals surface area contributed by atoms with Crippen LogP contribution < -0.4 is 5.32 Å². The molecule has 7 nitrogen and oxygen atoms in total. The normalized spacial score (nSPS) is 17.9. The highest BCUT2D eigenvalue weighted by Crippen LogP contribution is 2.38. The fourth-order valence-corrected chi connectivity index (χ4v) is 5.45. The second kappa shape index (κ2) is 9.92. The van der Waals surface area contributed by atoms with Crippen LogP contribution in [0, 0.1) is 12.8 Å². The summed E-state index contributed by atoms with van der Waals surface area (Å²) in [4.78, 5) is 28.5. The first-order valence-corrected chi connectivity index (χ1v) is 12.7. The lowest BCUT2D eigenvalue weighted by Gasteiger charge is -2.28. The van der Waals surface area contributed by atoms with Crippen LogP contribution in [-0.2, 0) is 4.79 Å². The molecule has 0 radical (unpaired) electrons. The molecule has 178 valence electrons. The second-order valence-corrected chi connectivity index (χ2v) is 10.0. The molecule has 0 saturated heterocycles. The average molecular weight is 487 g/mol. The molecule has 0 atom stereocenters. The second-order valence-electron chi connectivity index (χ2n) is 9.18. The first kappa shape index (κ1) is 23.1. The van der Waals surface area contributed by atoms with Crippen molar-refractivity contribution in [3.05, 3.63) is 70.9 Å². The molecule has 0 aliphatic heterocycles. The van der Waals surface area contributed by atoms with Gasteiger partial charge in [-0.3, -0.25) is 19.9 Å². The third-order valence-electron chi connectivity index (χ3n) is 6.79. The van der Waals surface area contributed by atoms with Gasteiger partial charge in [-0.25, -0.2) is 0 Å². The maximum atomic E-state index is 12.9. The van der Waals surface area contributed by atoms with E-state index < -0.39 is 5.97 Å². The van der Waals surface area contributed by atoms with Crippen LogP contribution in [-0.4, -0.2) is 32.2 Å². The predicted octanol–water partition coefficient (Wildman–Crippen LogP) is 6.06. The van der Waals surface area contributed by atoms with Gasteiger partial charge < -0.3 is 5.11 Å². The molecule has 0 bridgehead atoms. The number of pyridine rings is 1. The van der Waals surface area contributed by atoms with E-state index in [2.05, 4.69) is 44.8 Å². The Labute approximate surface area is 207 Å². The lowest BCUT2D eigenvalue weighted by atomic mass is 9.77. The molecule has 1 amide bonds. The molecule has 2 N–H and O–H groups in total. The number of amides is 1. The van der Waals surface area contributed by atoms with Crippen molar-refractivity contribution in [2.24, 2.45) is 5.92 Å². The predicted molar refractivity (Wildman–Crippen MR) is 137 cm³/mol. The van der Waals surface area contributed by atoms with Gasteiger partial charge in [0.15, 0.2) is 0 Å². The summed E-state index contributed by atoms with van der Waals surface area (Å²) in [7, 11) is 0. The van der Waals surface area contributed by atoms with Gasteiger partial charge in [-0.1, -0.05) is 47.7 Å². The van der Waals surface area contributed by atoms with Gasteiger partial charge >= 0.3 is 5.97 Å². The molecule has 1 aliphatic carbocycles. The van der Waals surface area contributed by atoms with E-state index in [9.17, 15) is 9.59 Å². The summed E-state index contributed by atoms with van der Waals surface area (Å²) in [6.07, 6.45) is 4.32. The van der Waals surface area contributed by atoms with E-state index in [1.54, 1.807) is 11.6 Å². The highest BCUT2D eigenvalue weighted by molar-refractivity contribution is 7.13. The lowest BCUT2D eigenvalue weighted by molar-refractivity contribution is -0.138. The Morgan fingerprint density at radius 1 is 1.03 bits per heavy atom. The molecule has 4 aromatic rings. The summed E-state index contributed by atoms with van der Waals surface area (Å²) < 4.78 is 0. The number of rotatable bonds is 6. The summed E-state index contributed by atoms with van der Waals surface area (Å²) in [6.45, 7) is 1.88. The number of carboxylic acids is 1. The van der Waals surface area contributed by atoms with Crippen LogP contribution in [0.25, 0.3) is 22.0 Å². The van der Waals surface area contributed by atoms with Gasteiger partial charge in [0.25, 0.3) is 5.91 Å². The fraction of sp³-hybridized carbons (Fsp3) is 0.296. The number of carbonyl (C=O) groups excluding carboxylic acids is 1.